The summed E-state index contributed by atoms with van der Waals surface area (Å²) in [6, 6.07) is 3.02. The van der Waals surface area contributed by atoms with E-state index in [-0.39, 0.29) is 24.1 Å². The minimum absolute atomic E-state index is 0.0355. The van der Waals surface area contributed by atoms with Crippen LogP contribution in [0, 0.1) is 17.0 Å². The molecule has 21 heavy (non-hydrogen) atoms. The number of aliphatic hydroxyl groups excluding tert-OH is 2. The van der Waals surface area contributed by atoms with Crippen molar-refractivity contribution in [3.8, 4) is 0 Å². The molecule has 0 spiro atoms. The van der Waals surface area contributed by atoms with Gasteiger partial charge in [-0.25, -0.2) is 8.78 Å². The van der Waals surface area contributed by atoms with Crippen molar-refractivity contribution >= 4 is 0 Å². The highest BCUT2D eigenvalue weighted by molar-refractivity contribution is 5.21. The molecule has 1 aromatic carbocycles. The molecule has 3 N–H and O–H groups in total. The van der Waals surface area contributed by atoms with Crippen LogP contribution in [0.1, 0.15) is 24.5 Å². The summed E-state index contributed by atoms with van der Waals surface area (Å²) >= 11 is 0. The van der Waals surface area contributed by atoms with Crippen LogP contribution in [0.5, 0.6) is 0 Å². The molecule has 1 atom stereocenters. The van der Waals surface area contributed by atoms with Gasteiger partial charge in [0.05, 0.1) is 12.7 Å². The molecule has 0 bridgehead atoms. The van der Waals surface area contributed by atoms with Gasteiger partial charge in [-0.1, -0.05) is 0 Å². The van der Waals surface area contributed by atoms with Crippen molar-refractivity contribution in [2.75, 3.05) is 32.9 Å². The highest BCUT2D eigenvalue weighted by atomic mass is 19.1. The quantitative estimate of drug-likeness (QED) is 0.743. The molecule has 1 unspecified atom stereocenters. The topological polar surface area (TPSA) is 61.7 Å². The Labute approximate surface area is 122 Å². The van der Waals surface area contributed by atoms with Gasteiger partial charge in [0.25, 0.3) is 0 Å². The summed E-state index contributed by atoms with van der Waals surface area (Å²) < 4.78 is 31.9. The second-order valence-electron chi connectivity index (χ2n) is 5.58. The van der Waals surface area contributed by atoms with Gasteiger partial charge >= 0.3 is 0 Å². The predicted octanol–water partition coefficient (Wildman–Crippen LogP) is 1.38. The van der Waals surface area contributed by atoms with E-state index < -0.39 is 17.7 Å². The summed E-state index contributed by atoms with van der Waals surface area (Å²) in [4.78, 5) is 0. The standard InChI is InChI=1S/C15H21F2NO3/c16-11-1-2-13(17)12(7-11)14(20)8-18-9-15(10-19)3-5-21-6-4-15/h1-2,7,14,18-20H,3-6,8-10H2. The summed E-state index contributed by atoms with van der Waals surface area (Å²) in [5.74, 6) is -1.21. The lowest BCUT2D eigenvalue weighted by atomic mass is 9.81. The Bertz CT molecular complexity index is 464. The van der Waals surface area contributed by atoms with E-state index >= 15 is 0 Å². The van der Waals surface area contributed by atoms with Gasteiger partial charge in [0.15, 0.2) is 0 Å². The van der Waals surface area contributed by atoms with Gasteiger partial charge in [0.1, 0.15) is 11.6 Å². The van der Waals surface area contributed by atoms with Crippen LogP contribution >= 0.6 is 0 Å². The molecule has 1 fully saturated rings. The molecule has 2 rings (SSSR count). The highest BCUT2D eigenvalue weighted by Gasteiger charge is 2.31. The smallest absolute Gasteiger partial charge is 0.129 e. The van der Waals surface area contributed by atoms with Crippen molar-refractivity contribution in [2.24, 2.45) is 5.41 Å². The zero-order valence-corrected chi connectivity index (χ0v) is 11.8. The maximum absolute atomic E-state index is 13.5. The molecular weight excluding hydrogens is 280 g/mol. The van der Waals surface area contributed by atoms with Crippen molar-refractivity contribution in [3.63, 3.8) is 0 Å². The van der Waals surface area contributed by atoms with Crippen molar-refractivity contribution in [2.45, 2.75) is 18.9 Å². The first-order valence-corrected chi connectivity index (χ1v) is 7.09. The monoisotopic (exact) mass is 301 g/mol. The molecule has 1 saturated heterocycles. The fourth-order valence-corrected chi connectivity index (χ4v) is 2.55. The van der Waals surface area contributed by atoms with Gasteiger partial charge in [-0.2, -0.15) is 0 Å². The first kappa shape index (κ1) is 16.3. The van der Waals surface area contributed by atoms with Crippen LogP contribution in [0.15, 0.2) is 18.2 Å². The van der Waals surface area contributed by atoms with Crippen molar-refractivity contribution in [3.05, 3.63) is 35.4 Å². The lowest BCUT2D eigenvalue weighted by molar-refractivity contribution is -0.0164. The molecule has 1 aliphatic rings. The summed E-state index contributed by atoms with van der Waals surface area (Å²) in [5, 5.41) is 22.5. The van der Waals surface area contributed by atoms with E-state index in [2.05, 4.69) is 5.32 Å². The second-order valence-corrected chi connectivity index (χ2v) is 5.58. The largest absolute Gasteiger partial charge is 0.396 e. The Balaban J connectivity index is 1.88. The highest BCUT2D eigenvalue weighted by Crippen LogP contribution is 2.29. The average molecular weight is 301 g/mol. The van der Waals surface area contributed by atoms with Gasteiger partial charge in [-0.15, -0.1) is 0 Å². The summed E-state index contributed by atoms with van der Waals surface area (Å²) in [6.07, 6.45) is 0.346. The molecule has 0 amide bonds. The number of halogens is 2. The van der Waals surface area contributed by atoms with Crippen LogP contribution in [0.25, 0.3) is 0 Å². The predicted molar refractivity (Wildman–Crippen MR) is 73.8 cm³/mol. The van der Waals surface area contributed by atoms with Gasteiger partial charge < -0.3 is 20.3 Å². The number of hydrogen-bond acceptors (Lipinski definition) is 4. The van der Waals surface area contributed by atoms with E-state index in [4.69, 9.17) is 4.74 Å². The van der Waals surface area contributed by atoms with E-state index in [9.17, 15) is 19.0 Å². The molecule has 4 nitrogen and oxygen atoms in total. The fourth-order valence-electron chi connectivity index (χ4n) is 2.55. The van der Waals surface area contributed by atoms with Crippen LogP contribution < -0.4 is 5.32 Å². The third-order valence-electron chi connectivity index (χ3n) is 4.04. The molecule has 1 heterocycles. The number of ether oxygens (including phenoxy) is 1. The maximum Gasteiger partial charge on any atom is 0.129 e. The molecular formula is C15H21F2NO3. The normalized spacial score (nSPS) is 19.4. The number of rotatable bonds is 6. The number of benzene rings is 1. The van der Waals surface area contributed by atoms with Crippen LogP contribution in [0.2, 0.25) is 0 Å². The van der Waals surface area contributed by atoms with Crippen molar-refractivity contribution in [1.29, 1.82) is 0 Å². The lowest BCUT2D eigenvalue weighted by Crippen LogP contribution is -2.42. The van der Waals surface area contributed by atoms with Crippen LogP contribution in [-0.4, -0.2) is 43.1 Å². The maximum atomic E-state index is 13.5. The second kappa shape index (κ2) is 7.26. The van der Waals surface area contributed by atoms with Gasteiger partial charge in [0.2, 0.25) is 0 Å². The Kier molecular flexibility index (Phi) is 5.64. The summed E-state index contributed by atoms with van der Waals surface area (Å²) in [6.45, 7) is 1.84. The van der Waals surface area contributed by atoms with Crippen LogP contribution in [0.4, 0.5) is 8.78 Å². The van der Waals surface area contributed by atoms with E-state index in [1.807, 2.05) is 0 Å². The van der Waals surface area contributed by atoms with Crippen LogP contribution in [0.3, 0.4) is 0 Å². The SMILES string of the molecule is OCC1(CNCC(O)c2cc(F)ccc2F)CCOCC1. The van der Waals surface area contributed by atoms with E-state index in [1.165, 1.54) is 0 Å². The minimum atomic E-state index is -1.13. The fraction of sp³-hybridized carbons (Fsp3) is 0.600. The molecule has 1 aliphatic heterocycles. The number of nitrogens with one attached hydrogen (secondary N) is 1. The molecule has 0 aromatic heterocycles. The average Bonchev–Trinajstić information content (AvgIpc) is 2.50. The lowest BCUT2D eigenvalue weighted by Gasteiger charge is -2.36. The summed E-state index contributed by atoms with van der Waals surface area (Å²) in [5.41, 5.74) is -0.328. The molecule has 0 saturated carbocycles. The molecule has 6 heteroatoms. The Morgan fingerprint density at radius 1 is 1.29 bits per heavy atom. The van der Waals surface area contributed by atoms with Crippen molar-refractivity contribution < 1.29 is 23.7 Å². The van der Waals surface area contributed by atoms with Crippen molar-refractivity contribution in [1.82, 2.24) is 5.32 Å². The molecule has 0 radical (unpaired) electrons. The molecule has 118 valence electrons. The Morgan fingerprint density at radius 2 is 2.00 bits per heavy atom. The van der Waals surface area contributed by atoms with Gasteiger partial charge in [-0.05, 0) is 31.0 Å². The minimum Gasteiger partial charge on any atom is -0.396 e. The first-order valence-electron chi connectivity index (χ1n) is 7.09. The third kappa shape index (κ3) is 4.20. The van der Waals surface area contributed by atoms with Gasteiger partial charge in [-0.3, -0.25) is 0 Å². The number of hydrogen-bond donors (Lipinski definition) is 3. The van der Waals surface area contributed by atoms with E-state index in [0.29, 0.717) is 19.8 Å². The number of aliphatic hydroxyl groups is 2. The van der Waals surface area contributed by atoms with E-state index in [0.717, 1.165) is 31.0 Å². The van der Waals surface area contributed by atoms with Crippen LogP contribution in [-0.2, 0) is 4.74 Å². The molecule has 1 aromatic rings. The zero-order valence-electron chi connectivity index (χ0n) is 11.8. The summed E-state index contributed by atoms with van der Waals surface area (Å²) in [7, 11) is 0. The Morgan fingerprint density at radius 3 is 2.67 bits per heavy atom. The Hall–Kier alpha value is -1.08. The van der Waals surface area contributed by atoms with E-state index in [1.54, 1.807) is 0 Å². The third-order valence-corrected chi connectivity index (χ3v) is 4.04. The molecule has 0 aliphatic carbocycles. The zero-order chi connectivity index (χ0) is 15.3. The van der Waals surface area contributed by atoms with Gasteiger partial charge in [0, 0.05) is 37.3 Å². The first-order chi connectivity index (χ1) is 10.1.